The molecule has 0 heterocycles. The van der Waals surface area contributed by atoms with Crippen molar-refractivity contribution in [3.05, 3.63) is 65.5 Å². The van der Waals surface area contributed by atoms with Crippen LogP contribution in [0.15, 0.2) is 42.5 Å². The zero-order chi connectivity index (χ0) is 13.1. The number of carbonyl (C=O) groups excluding carboxylic acids is 1. The van der Waals surface area contributed by atoms with Gasteiger partial charge in [0.2, 0.25) is 0 Å². The van der Waals surface area contributed by atoms with E-state index in [-0.39, 0.29) is 0 Å². The van der Waals surface area contributed by atoms with Crippen molar-refractivity contribution in [3.63, 3.8) is 0 Å². The van der Waals surface area contributed by atoms with E-state index in [0.717, 1.165) is 6.07 Å². The Bertz CT molecular complexity index is 584. The molecule has 5 heteroatoms. The number of amides is 1. The maximum Gasteiger partial charge on any atom is 0.258 e. The zero-order valence-electron chi connectivity index (χ0n) is 9.08. The first-order chi connectivity index (χ1) is 8.59. The summed E-state index contributed by atoms with van der Waals surface area (Å²) in [6, 6.07) is 9.89. The van der Waals surface area contributed by atoms with E-state index in [1.54, 1.807) is 30.3 Å². The van der Waals surface area contributed by atoms with E-state index in [1.807, 2.05) is 0 Å². The van der Waals surface area contributed by atoms with E-state index < -0.39 is 28.9 Å². The number of anilines is 1. The Hall–Kier alpha value is -2.30. The van der Waals surface area contributed by atoms with Gasteiger partial charge in [-0.2, -0.15) is 0 Å². The summed E-state index contributed by atoms with van der Waals surface area (Å²) in [6.45, 7) is 0. The quantitative estimate of drug-likeness (QED) is 0.815. The van der Waals surface area contributed by atoms with Crippen LogP contribution in [0.2, 0.25) is 0 Å². The van der Waals surface area contributed by atoms with Crippen molar-refractivity contribution >= 4 is 11.6 Å². The third-order valence-corrected chi connectivity index (χ3v) is 2.31. The third kappa shape index (κ3) is 2.34. The fraction of sp³-hybridized carbons (Fsp3) is 0. The first kappa shape index (κ1) is 12.2. The van der Waals surface area contributed by atoms with E-state index in [0.29, 0.717) is 11.8 Å². The average Bonchev–Trinajstić information content (AvgIpc) is 2.37. The molecule has 0 bridgehead atoms. The summed E-state index contributed by atoms with van der Waals surface area (Å²) in [5.74, 6) is -5.32. The van der Waals surface area contributed by atoms with Gasteiger partial charge in [0.15, 0.2) is 17.5 Å². The molecule has 0 spiro atoms. The second kappa shape index (κ2) is 4.91. The van der Waals surface area contributed by atoms with E-state index in [2.05, 4.69) is 5.32 Å². The number of rotatable bonds is 2. The van der Waals surface area contributed by atoms with E-state index >= 15 is 0 Å². The minimum absolute atomic E-state index is 0.437. The van der Waals surface area contributed by atoms with Gasteiger partial charge in [-0.1, -0.05) is 18.2 Å². The van der Waals surface area contributed by atoms with Crippen molar-refractivity contribution in [1.29, 1.82) is 0 Å². The normalized spacial score (nSPS) is 10.2. The molecule has 0 saturated carbocycles. The smallest absolute Gasteiger partial charge is 0.258 e. The molecule has 0 saturated heterocycles. The lowest BCUT2D eigenvalue weighted by atomic mass is 10.1. The Kier molecular flexibility index (Phi) is 3.32. The van der Waals surface area contributed by atoms with Crippen molar-refractivity contribution in [2.75, 3.05) is 5.32 Å². The summed E-state index contributed by atoms with van der Waals surface area (Å²) in [4.78, 5) is 11.7. The summed E-state index contributed by atoms with van der Waals surface area (Å²) in [6.07, 6.45) is 0. The number of carbonyl (C=O) groups is 1. The molecule has 0 atom stereocenters. The van der Waals surface area contributed by atoms with Crippen molar-refractivity contribution in [2.24, 2.45) is 0 Å². The number of halogens is 3. The molecule has 18 heavy (non-hydrogen) atoms. The Labute approximate surface area is 101 Å². The molecule has 0 radical (unpaired) electrons. The van der Waals surface area contributed by atoms with Crippen molar-refractivity contribution < 1.29 is 18.0 Å². The average molecular weight is 251 g/mol. The van der Waals surface area contributed by atoms with Crippen molar-refractivity contribution in [2.45, 2.75) is 0 Å². The van der Waals surface area contributed by atoms with Gasteiger partial charge in [-0.15, -0.1) is 0 Å². The van der Waals surface area contributed by atoms with Gasteiger partial charge in [0.1, 0.15) is 0 Å². The highest BCUT2D eigenvalue weighted by Gasteiger charge is 2.18. The molecule has 0 aliphatic carbocycles. The third-order valence-electron chi connectivity index (χ3n) is 2.31. The number of para-hydroxylation sites is 1. The summed E-state index contributed by atoms with van der Waals surface area (Å²) in [7, 11) is 0. The predicted molar refractivity (Wildman–Crippen MR) is 60.7 cm³/mol. The molecule has 2 rings (SSSR count). The Morgan fingerprint density at radius 2 is 1.56 bits per heavy atom. The molecule has 0 unspecified atom stereocenters. The fourth-order valence-electron chi connectivity index (χ4n) is 1.42. The SMILES string of the molecule is O=C(Nc1ccccc1)c1ccc(F)c(F)c1F. The standard InChI is InChI=1S/C13H8F3NO/c14-10-7-6-9(11(15)12(10)16)13(18)17-8-4-2-1-3-5-8/h1-7H,(H,17,18). The van der Waals surface area contributed by atoms with E-state index in [1.165, 1.54) is 0 Å². The molecular formula is C13H8F3NO. The summed E-state index contributed by atoms with van der Waals surface area (Å²) >= 11 is 0. The van der Waals surface area contributed by atoms with Crippen molar-refractivity contribution in [1.82, 2.24) is 0 Å². The summed E-state index contributed by atoms with van der Waals surface area (Å²) < 4.78 is 39.0. The molecule has 2 aromatic carbocycles. The minimum atomic E-state index is -1.66. The molecule has 2 aromatic rings. The molecular weight excluding hydrogens is 243 g/mol. The number of benzene rings is 2. The van der Waals surface area contributed by atoms with Gasteiger partial charge in [0.25, 0.3) is 5.91 Å². The predicted octanol–water partition coefficient (Wildman–Crippen LogP) is 3.36. The van der Waals surface area contributed by atoms with Crippen LogP contribution in [0.1, 0.15) is 10.4 Å². The molecule has 2 nitrogen and oxygen atoms in total. The molecule has 0 aromatic heterocycles. The Morgan fingerprint density at radius 1 is 0.889 bits per heavy atom. The first-order valence-corrected chi connectivity index (χ1v) is 5.09. The highest BCUT2D eigenvalue weighted by molar-refractivity contribution is 6.04. The molecule has 1 amide bonds. The number of hydrogen-bond donors (Lipinski definition) is 1. The lowest BCUT2D eigenvalue weighted by Crippen LogP contribution is -2.15. The lowest BCUT2D eigenvalue weighted by molar-refractivity contribution is 0.102. The summed E-state index contributed by atoms with van der Waals surface area (Å²) in [5.41, 5.74) is -0.107. The van der Waals surface area contributed by atoms with Crippen LogP contribution < -0.4 is 5.32 Å². The maximum absolute atomic E-state index is 13.3. The van der Waals surface area contributed by atoms with Crippen LogP contribution >= 0.6 is 0 Å². The molecule has 0 aliphatic heterocycles. The molecule has 0 fully saturated rings. The largest absolute Gasteiger partial charge is 0.322 e. The van der Waals surface area contributed by atoms with Crippen LogP contribution in [-0.2, 0) is 0 Å². The molecule has 1 N–H and O–H groups in total. The van der Waals surface area contributed by atoms with Gasteiger partial charge in [-0.25, -0.2) is 13.2 Å². The maximum atomic E-state index is 13.3. The minimum Gasteiger partial charge on any atom is -0.322 e. The van der Waals surface area contributed by atoms with Crippen LogP contribution in [0, 0.1) is 17.5 Å². The zero-order valence-corrected chi connectivity index (χ0v) is 9.08. The number of hydrogen-bond acceptors (Lipinski definition) is 1. The second-order valence-corrected chi connectivity index (χ2v) is 3.54. The molecule has 92 valence electrons. The van der Waals surface area contributed by atoms with Crippen LogP contribution in [0.3, 0.4) is 0 Å². The lowest BCUT2D eigenvalue weighted by Gasteiger charge is -2.06. The topological polar surface area (TPSA) is 29.1 Å². The first-order valence-electron chi connectivity index (χ1n) is 5.09. The second-order valence-electron chi connectivity index (χ2n) is 3.54. The van der Waals surface area contributed by atoms with Crippen molar-refractivity contribution in [3.8, 4) is 0 Å². The number of nitrogens with one attached hydrogen (secondary N) is 1. The highest BCUT2D eigenvalue weighted by atomic mass is 19.2. The van der Waals surface area contributed by atoms with E-state index in [9.17, 15) is 18.0 Å². The van der Waals surface area contributed by atoms with Gasteiger partial charge in [-0.3, -0.25) is 4.79 Å². The van der Waals surface area contributed by atoms with Crippen LogP contribution in [0.5, 0.6) is 0 Å². The van der Waals surface area contributed by atoms with Gasteiger partial charge in [-0.05, 0) is 24.3 Å². The van der Waals surface area contributed by atoms with E-state index in [4.69, 9.17) is 0 Å². The van der Waals surface area contributed by atoms with Crippen LogP contribution in [0.4, 0.5) is 18.9 Å². The Morgan fingerprint density at radius 3 is 2.22 bits per heavy atom. The van der Waals surface area contributed by atoms with Gasteiger partial charge < -0.3 is 5.32 Å². The summed E-state index contributed by atoms with van der Waals surface area (Å²) in [5, 5.41) is 2.38. The van der Waals surface area contributed by atoms with Gasteiger partial charge in [0, 0.05) is 5.69 Å². The molecule has 0 aliphatic rings. The Balaban J connectivity index is 2.28. The van der Waals surface area contributed by atoms with Crippen LogP contribution in [-0.4, -0.2) is 5.91 Å². The fourth-order valence-corrected chi connectivity index (χ4v) is 1.42. The van der Waals surface area contributed by atoms with Gasteiger partial charge in [0.05, 0.1) is 5.56 Å². The highest BCUT2D eigenvalue weighted by Crippen LogP contribution is 2.16. The van der Waals surface area contributed by atoms with Gasteiger partial charge >= 0.3 is 0 Å². The monoisotopic (exact) mass is 251 g/mol. The van der Waals surface area contributed by atoms with Crippen LogP contribution in [0.25, 0.3) is 0 Å².